The van der Waals surface area contributed by atoms with Crippen molar-refractivity contribution in [1.29, 1.82) is 5.26 Å². The topological polar surface area (TPSA) is 35.8 Å². The summed E-state index contributed by atoms with van der Waals surface area (Å²) in [5.74, 6) is -0.460. The average molecular weight is 319 g/mol. The Morgan fingerprint density at radius 1 is 1.21 bits per heavy atom. The molecule has 19 heavy (non-hydrogen) atoms. The van der Waals surface area contributed by atoms with Crippen LogP contribution in [0.25, 0.3) is 0 Å². The van der Waals surface area contributed by atoms with Crippen molar-refractivity contribution >= 4 is 27.3 Å². The first kappa shape index (κ1) is 13.6. The Balaban J connectivity index is 2.28. The highest BCUT2D eigenvalue weighted by Gasteiger charge is 2.11. The molecule has 1 N–H and O–H groups in total. The second kappa shape index (κ2) is 5.85. The highest BCUT2D eigenvalue weighted by atomic mass is 79.9. The molecule has 0 saturated carbocycles. The number of halogens is 2. The van der Waals surface area contributed by atoms with Crippen LogP contribution in [0.4, 0.5) is 15.8 Å². The zero-order valence-electron chi connectivity index (χ0n) is 10.4. The lowest BCUT2D eigenvalue weighted by atomic mass is 10.1. The van der Waals surface area contributed by atoms with Crippen molar-refractivity contribution in [2.45, 2.75) is 13.3 Å². The number of aryl methyl sites for hydroxylation is 1. The lowest BCUT2D eigenvalue weighted by Crippen LogP contribution is -1.96. The summed E-state index contributed by atoms with van der Waals surface area (Å²) < 4.78 is 14.2. The van der Waals surface area contributed by atoms with Crippen LogP contribution in [0.1, 0.15) is 18.1 Å². The summed E-state index contributed by atoms with van der Waals surface area (Å²) in [5.41, 5.74) is 2.67. The normalized spacial score (nSPS) is 10.0. The van der Waals surface area contributed by atoms with Gasteiger partial charge < -0.3 is 5.32 Å². The average Bonchev–Trinajstić information content (AvgIpc) is 2.45. The summed E-state index contributed by atoms with van der Waals surface area (Å²) in [6.07, 6.45) is 0.969. The first-order chi connectivity index (χ1) is 9.15. The van der Waals surface area contributed by atoms with E-state index in [1.54, 1.807) is 12.1 Å². The lowest BCUT2D eigenvalue weighted by Gasteiger charge is -2.10. The van der Waals surface area contributed by atoms with E-state index in [0.29, 0.717) is 5.69 Å². The number of rotatable bonds is 3. The summed E-state index contributed by atoms with van der Waals surface area (Å²) in [4.78, 5) is 0. The fourth-order valence-corrected chi connectivity index (χ4v) is 2.15. The Kier molecular flexibility index (Phi) is 4.18. The van der Waals surface area contributed by atoms with Gasteiger partial charge in [0.2, 0.25) is 0 Å². The Bertz CT molecular complexity index is 630. The van der Waals surface area contributed by atoms with Crippen LogP contribution in [-0.4, -0.2) is 0 Å². The Morgan fingerprint density at radius 2 is 1.89 bits per heavy atom. The molecule has 0 spiro atoms. The number of nitrogens with zero attached hydrogens (tertiary/aromatic N) is 1. The van der Waals surface area contributed by atoms with Gasteiger partial charge in [0.05, 0.1) is 15.7 Å². The van der Waals surface area contributed by atoms with Gasteiger partial charge in [0, 0.05) is 5.69 Å². The molecule has 0 radical (unpaired) electrons. The highest BCUT2D eigenvalue weighted by molar-refractivity contribution is 9.10. The molecule has 0 amide bonds. The van der Waals surface area contributed by atoms with Gasteiger partial charge in [-0.2, -0.15) is 5.26 Å². The van der Waals surface area contributed by atoms with Crippen LogP contribution in [-0.2, 0) is 6.42 Å². The third-order valence-electron chi connectivity index (χ3n) is 2.84. The number of hydrogen-bond acceptors (Lipinski definition) is 2. The van der Waals surface area contributed by atoms with E-state index in [0.717, 1.165) is 12.1 Å². The van der Waals surface area contributed by atoms with Crippen molar-refractivity contribution < 1.29 is 4.39 Å². The van der Waals surface area contributed by atoms with Crippen molar-refractivity contribution in [3.8, 4) is 6.07 Å². The lowest BCUT2D eigenvalue weighted by molar-refractivity contribution is 0.624. The van der Waals surface area contributed by atoms with Gasteiger partial charge in [-0.1, -0.05) is 19.1 Å². The van der Waals surface area contributed by atoms with Crippen molar-refractivity contribution in [2.24, 2.45) is 0 Å². The summed E-state index contributed by atoms with van der Waals surface area (Å²) in [6.45, 7) is 2.08. The van der Waals surface area contributed by atoms with Gasteiger partial charge in [-0.15, -0.1) is 0 Å². The van der Waals surface area contributed by atoms with Crippen molar-refractivity contribution in [3.05, 3.63) is 57.8 Å². The van der Waals surface area contributed by atoms with Gasteiger partial charge in [0.1, 0.15) is 6.07 Å². The smallest absolute Gasteiger partial charge is 0.162 e. The predicted molar refractivity (Wildman–Crippen MR) is 77.9 cm³/mol. The highest BCUT2D eigenvalue weighted by Crippen LogP contribution is 2.28. The van der Waals surface area contributed by atoms with Gasteiger partial charge in [0.15, 0.2) is 5.82 Å². The maximum Gasteiger partial charge on any atom is 0.162 e. The monoisotopic (exact) mass is 318 g/mol. The number of benzene rings is 2. The molecular weight excluding hydrogens is 307 g/mol. The maximum atomic E-state index is 14.0. The zero-order valence-corrected chi connectivity index (χ0v) is 12.0. The van der Waals surface area contributed by atoms with E-state index in [9.17, 15) is 4.39 Å². The molecule has 0 fully saturated rings. The largest absolute Gasteiger partial charge is 0.353 e. The van der Waals surface area contributed by atoms with E-state index in [1.165, 1.54) is 5.56 Å². The summed E-state index contributed by atoms with van der Waals surface area (Å²) in [6, 6.07) is 12.9. The minimum Gasteiger partial charge on any atom is -0.353 e. The van der Waals surface area contributed by atoms with Crippen molar-refractivity contribution in [2.75, 3.05) is 5.32 Å². The van der Waals surface area contributed by atoms with Gasteiger partial charge >= 0.3 is 0 Å². The predicted octanol–water partition coefficient (Wildman–Crippen LogP) is 4.77. The van der Waals surface area contributed by atoms with Crippen LogP contribution in [0, 0.1) is 17.1 Å². The Labute approximate surface area is 120 Å². The SMILES string of the molecule is CCc1ccc(Nc2ccc(C#N)c(Br)c2F)cc1. The molecular formula is C15H12BrFN2. The third kappa shape index (κ3) is 2.94. The summed E-state index contributed by atoms with van der Waals surface area (Å²) in [5, 5.41) is 11.8. The van der Waals surface area contributed by atoms with E-state index in [1.807, 2.05) is 30.3 Å². The van der Waals surface area contributed by atoms with Gasteiger partial charge in [-0.3, -0.25) is 0 Å². The minimum atomic E-state index is -0.460. The van der Waals surface area contributed by atoms with E-state index >= 15 is 0 Å². The number of nitrogens with one attached hydrogen (secondary N) is 1. The van der Waals surface area contributed by atoms with Gasteiger partial charge in [-0.05, 0) is 52.2 Å². The van der Waals surface area contributed by atoms with Crippen LogP contribution >= 0.6 is 15.9 Å². The zero-order chi connectivity index (χ0) is 13.8. The molecule has 2 rings (SSSR count). The second-order valence-corrected chi connectivity index (χ2v) is 4.87. The minimum absolute atomic E-state index is 0.185. The molecule has 96 valence electrons. The van der Waals surface area contributed by atoms with E-state index in [4.69, 9.17) is 5.26 Å². The van der Waals surface area contributed by atoms with Gasteiger partial charge in [0.25, 0.3) is 0 Å². The Morgan fingerprint density at radius 3 is 2.47 bits per heavy atom. The Hall–Kier alpha value is -1.86. The first-order valence-corrected chi connectivity index (χ1v) is 6.69. The molecule has 0 aromatic heterocycles. The number of nitriles is 1. The first-order valence-electron chi connectivity index (χ1n) is 5.89. The fraction of sp³-hybridized carbons (Fsp3) is 0.133. The van der Waals surface area contributed by atoms with E-state index < -0.39 is 5.82 Å². The van der Waals surface area contributed by atoms with Crippen molar-refractivity contribution in [3.63, 3.8) is 0 Å². The fourth-order valence-electron chi connectivity index (χ4n) is 1.71. The summed E-state index contributed by atoms with van der Waals surface area (Å²) >= 11 is 3.09. The van der Waals surface area contributed by atoms with Crippen LogP contribution < -0.4 is 5.32 Å². The van der Waals surface area contributed by atoms with Crippen molar-refractivity contribution in [1.82, 2.24) is 0 Å². The third-order valence-corrected chi connectivity index (χ3v) is 3.62. The molecule has 0 atom stereocenters. The molecule has 0 aliphatic carbocycles. The number of anilines is 2. The molecule has 0 unspecified atom stereocenters. The number of hydrogen-bond donors (Lipinski definition) is 1. The molecule has 0 heterocycles. The van der Waals surface area contributed by atoms with Crippen LogP contribution in [0.2, 0.25) is 0 Å². The molecule has 2 aromatic rings. The summed E-state index contributed by atoms with van der Waals surface area (Å²) in [7, 11) is 0. The molecule has 0 aliphatic heterocycles. The maximum absolute atomic E-state index is 14.0. The molecule has 0 bridgehead atoms. The van der Waals surface area contributed by atoms with E-state index in [-0.39, 0.29) is 10.0 Å². The molecule has 0 saturated heterocycles. The molecule has 2 nitrogen and oxygen atoms in total. The van der Waals surface area contributed by atoms with E-state index in [2.05, 4.69) is 28.2 Å². The molecule has 0 aliphatic rings. The molecule has 4 heteroatoms. The molecule has 2 aromatic carbocycles. The van der Waals surface area contributed by atoms with Gasteiger partial charge in [-0.25, -0.2) is 4.39 Å². The van der Waals surface area contributed by atoms with Crippen LogP contribution in [0.3, 0.4) is 0 Å². The van der Waals surface area contributed by atoms with Crippen LogP contribution in [0.5, 0.6) is 0 Å². The standard InChI is InChI=1S/C15H12BrFN2/c1-2-10-3-6-12(7-4-10)19-13-8-5-11(9-18)14(16)15(13)17/h3-8,19H,2H2,1H3. The quantitative estimate of drug-likeness (QED) is 0.885. The van der Waals surface area contributed by atoms with Crippen LogP contribution in [0.15, 0.2) is 40.9 Å². The second-order valence-electron chi connectivity index (χ2n) is 4.08.